The maximum absolute atomic E-state index is 5.79. The summed E-state index contributed by atoms with van der Waals surface area (Å²) in [5.74, 6) is 0.639. The van der Waals surface area contributed by atoms with E-state index >= 15 is 0 Å². The van der Waals surface area contributed by atoms with Crippen molar-refractivity contribution in [1.82, 2.24) is 5.16 Å². The first-order chi connectivity index (χ1) is 4.63. The lowest BCUT2D eigenvalue weighted by molar-refractivity contribution is 0.396. The molecule has 0 atom stereocenters. The van der Waals surface area contributed by atoms with Crippen LogP contribution in [0.4, 0.5) is 0 Å². The number of rotatable bonds is 1. The Kier molecular flexibility index (Phi) is 1.81. The maximum atomic E-state index is 5.79. The molecular formula is C7H8ClNO. The van der Waals surface area contributed by atoms with Gasteiger partial charge >= 0.3 is 0 Å². The van der Waals surface area contributed by atoms with Gasteiger partial charge < -0.3 is 4.52 Å². The van der Waals surface area contributed by atoms with E-state index in [4.69, 9.17) is 16.1 Å². The van der Waals surface area contributed by atoms with Crippen LogP contribution in [-0.2, 0) is 0 Å². The first kappa shape index (κ1) is 7.35. The van der Waals surface area contributed by atoms with E-state index in [0.29, 0.717) is 16.5 Å². The fourth-order valence-electron chi connectivity index (χ4n) is 0.626. The van der Waals surface area contributed by atoms with Crippen molar-refractivity contribution < 1.29 is 4.52 Å². The maximum Gasteiger partial charge on any atom is 0.152 e. The van der Waals surface area contributed by atoms with Gasteiger partial charge in [-0.25, -0.2) is 0 Å². The Balaban J connectivity index is 3.17. The van der Waals surface area contributed by atoms with Crippen LogP contribution in [0.25, 0.3) is 5.57 Å². The van der Waals surface area contributed by atoms with Crippen molar-refractivity contribution in [2.45, 2.75) is 13.8 Å². The molecule has 0 spiro atoms. The van der Waals surface area contributed by atoms with Crippen molar-refractivity contribution in [2.24, 2.45) is 0 Å². The van der Waals surface area contributed by atoms with Crippen LogP contribution in [0.2, 0.25) is 5.02 Å². The topological polar surface area (TPSA) is 26.0 Å². The lowest BCUT2D eigenvalue weighted by Gasteiger charge is -1.88. The average molecular weight is 158 g/mol. The molecule has 3 heteroatoms. The Labute approximate surface area is 64.5 Å². The standard InChI is InChI=1S/C7H8ClNO/c1-4(2)7-6(8)5(3)10-9-7/h1H2,2-3H3. The van der Waals surface area contributed by atoms with Crippen molar-refractivity contribution in [3.05, 3.63) is 23.1 Å². The minimum Gasteiger partial charge on any atom is -0.359 e. The second-order valence-electron chi connectivity index (χ2n) is 2.18. The summed E-state index contributed by atoms with van der Waals surface area (Å²) < 4.78 is 4.81. The SMILES string of the molecule is C=C(C)c1noc(C)c1Cl. The third-order valence-electron chi connectivity index (χ3n) is 1.20. The van der Waals surface area contributed by atoms with Gasteiger partial charge in [0, 0.05) is 0 Å². The van der Waals surface area contributed by atoms with Crippen molar-refractivity contribution in [1.29, 1.82) is 0 Å². The van der Waals surface area contributed by atoms with Gasteiger partial charge in [0.15, 0.2) is 5.76 Å². The second kappa shape index (κ2) is 2.46. The van der Waals surface area contributed by atoms with Gasteiger partial charge in [-0.15, -0.1) is 0 Å². The van der Waals surface area contributed by atoms with E-state index in [-0.39, 0.29) is 0 Å². The smallest absolute Gasteiger partial charge is 0.152 e. The molecule has 0 aromatic carbocycles. The van der Waals surface area contributed by atoms with Gasteiger partial charge in [0.05, 0.1) is 0 Å². The molecule has 1 rings (SSSR count). The molecule has 0 aliphatic rings. The summed E-state index contributed by atoms with van der Waals surface area (Å²) in [6.45, 7) is 7.29. The van der Waals surface area contributed by atoms with Crippen molar-refractivity contribution in [3.63, 3.8) is 0 Å². The Bertz CT molecular complexity index is 265. The quantitative estimate of drug-likeness (QED) is 0.627. The van der Waals surface area contributed by atoms with Gasteiger partial charge in [-0.05, 0) is 19.4 Å². The Morgan fingerprint density at radius 2 is 2.30 bits per heavy atom. The molecule has 0 fully saturated rings. The molecule has 0 radical (unpaired) electrons. The summed E-state index contributed by atoms with van der Waals surface area (Å²) in [5.41, 5.74) is 1.47. The van der Waals surface area contributed by atoms with Crippen LogP contribution in [0.15, 0.2) is 11.1 Å². The minimum absolute atomic E-state index is 0.563. The molecule has 10 heavy (non-hydrogen) atoms. The van der Waals surface area contributed by atoms with E-state index in [9.17, 15) is 0 Å². The molecule has 2 nitrogen and oxygen atoms in total. The van der Waals surface area contributed by atoms with Crippen LogP contribution in [0.3, 0.4) is 0 Å². The zero-order chi connectivity index (χ0) is 7.72. The summed E-state index contributed by atoms with van der Waals surface area (Å²) in [5, 5.41) is 4.27. The zero-order valence-electron chi connectivity index (χ0n) is 5.94. The molecule has 0 saturated heterocycles. The first-order valence-corrected chi connectivity index (χ1v) is 3.28. The third-order valence-corrected chi connectivity index (χ3v) is 1.64. The normalized spacial score (nSPS) is 9.90. The second-order valence-corrected chi connectivity index (χ2v) is 2.56. The average Bonchev–Trinajstić information content (AvgIpc) is 2.14. The van der Waals surface area contributed by atoms with Crippen LogP contribution in [0, 0.1) is 6.92 Å². The Morgan fingerprint density at radius 3 is 2.50 bits per heavy atom. The number of nitrogens with zero attached hydrogens (tertiary/aromatic N) is 1. The van der Waals surface area contributed by atoms with E-state index in [1.165, 1.54) is 0 Å². The zero-order valence-corrected chi connectivity index (χ0v) is 6.70. The van der Waals surface area contributed by atoms with E-state index in [0.717, 1.165) is 5.57 Å². The van der Waals surface area contributed by atoms with Crippen LogP contribution in [0.1, 0.15) is 18.4 Å². The first-order valence-electron chi connectivity index (χ1n) is 2.90. The molecule has 0 N–H and O–H groups in total. The number of aryl methyl sites for hydroxylation is 1. The number of aromatic nitrogens is 1. The minimum atomic E-state index is 0.563. The van der Waals surface area contributed by atoms with Crippen molar-refractivity contribution in [3.8, 4) is 0 Å². The third kappa shape index (κ3) is 1.07. The summed E-state index contributed by atoms with van der Waals surface area (Å²) in [4.78, 5) is 0. The number of halogens is 1. The molecular weight excluding hydrogens is 150 g/mol. The Morgan fingerprint density at radius 1 is 1.70 bits per heavy atom. The molecule has 0 saturated carbocycles. The highest BCUT2D eigenvalue weighted by Crippen LogP contribution is 2.24. The van der Waals surface area contributed by atoms with Crippen LogP contribution >= 0.6 is 11.6 Å². The lowest BCUT2D eigenvalue weighted by Crippen LogP contribution is -1.76. The van der Waals surface area contributed by atoms with E-state index in [1.807, 2.05) is 6.92 Å². The van der Waals surface area contributed by atoms with Gasteiger partial charge in [0.2, 0.25) is 0 Å². The molecule has 1 aromatic heterocycles. The van der Waals surface area contributed by atoms with Crippen LogP contribution in [-0.4, -0.2) is 5.16 Å². The summed E-state index contributed by atoms with van der Waals surface area (Å²) in [6, 6.07) is 0. The monoisotopic (exact) mass is 157 g/mol. The van der Waals surface area contributed by atoms with Crippen molar-refractivity contribution in [2.75, 3.05) is 0 Å². The van der Waals surface area contributed by atoms with E-state index < -0.39 is 0 Å². The van der Waals surface area contributed by atoms with E-state index in [2.05, 4.69) is 11.7 Å². The predicted octanol–water partition coefficient (Wildman–Crippen LogP) is 2.67. The summed E-state index contributed by atoms with van der Waals surface area (Å²) in [6.07, 6.45) is 0. The summed E-state index contributed by atoms with van der Waals surface area (Å²) >= 11 is 5.79. The van der Waals surface area contributed by atoms with Crippen LogP contribution in [0.5, 0.6) is 0 Å². The lowest BCUT2D eigenvalue weighted by atomic mass is 10.2. The van der Waals surface area contributed by atoms with Gasteiger partial charge in [-0.1, -0.05) is 23.3 Å². The Hall–Kier alpha value is -0.760. The molecule has 0 aliphatic heterocycles. The highest BCUT2D eigenvalue weighted by molar-refractivity contribution is 6.32. The molecule has 1 aromatic rings. The molecule has 0 bridgehead atoms. The fraction of sp³-hybridized carbons (Fsp3) is 0.286. The van der Waals surface area contributed by atoms with Crippen LogP contribution < -0.4 is 0 Å². The molecule has 54 valence electrons. The van der Waals surface area contributed by atoms with Gasteiger partial charge in [-0.2, -0.15) is 0 Å². The summed E-state index contributed by atoms with van der Waals surface area (Å²) in [7, 11) is 0. The van der Waals surface area contributed by atoms with Gasteiger partial charge in [0.1, 0.15) is 10.7 Å². The molecule has 0 unspecified atom stereocenters. The number of hydrogen-bond acceptors (Lipinski definition) is 2. The highest BCUT2D eigenvalue weighted by Gasteiger charge is 2.09. The van der Waals surface area contributed by atoms with E-state index in [1.54, 1.807) is 6.92 Å². The van der Waals surface area contributed by atoms with Gasteiger partial charge in [-0.3, -0.25) is 0 Å². The number of allylic oxidation sites excluding steroid dienone is 1. The largest absolute Gasteiger partial charge is 0.359 e. The molecule has 0 aliphatic carbocycles. The highest BCUT2D eigenvalue weighted by atomic mass is 35.5. The fourth-order valence-corrected chi connectivity index (χ4v) is 0.857. The molecule has 0 amide bonds. The number of hydrogen-bond donors (Lipinski definition) is 0. The molecule has 1 heterocycles. The predicted molar refractivity (Wildman–Crippen MR) is 41.0 cm³/mol. The van der Waals surface area contributed by atoms with Crippen molar-refractivity contribution >= 4 is 17.2 Å². The van der Waals surface area contributed by atoms with Gasteiger partial charge in [0.25, 0.3) is 0 Å².